The number of nitrogens with one attached hydrogen (secondary N) is 2. The molecule has 2 aliphatic rings. The number of carboxylic acid groups (broad SMARTS) is 1. The monoisotopic (exact) mass is 826 g/mol. The molecule has 0 saturated carbocycles. The van der Waals surface area contributed by atoms with Crippen LogP contribution in [0.4, 0.5) is 0 Å². The highest BCUT2D eigenvalue weighted by atomic mass is 16.5. The molecule has 1 aromatic carbocycles. The van der Waals surface area contributed by atoms with Crippen molar-refractivity contribution in [1.29, 1.82) is 0 Å². The zero-order valence-electron chi connectivity index (χ0n) is 35.4. The Morgan fingerprint density at radius 2 is 1.88 bits per heavy atom. The Kier molecular flexibility index (Phi) is 18.9. The van der Waals surface area contributed by atoms with Gasteiger partial charge in [-0.15, -0.1) is 5.10 Å². The number of aryl methyl sites for hydroxylation is 1. The summed E-state index contributed by atoms with van der Waals surface area (Å²) in [4.78, 5) is 49.3. The predicted molar refractivity (Wildman–Crippen MR) is 230 cm³/mol. The fourth-order valence-electron chi connectivity index (χ4n) is 7.15. The SMILES string of the molecule is C/C=C/[C@@H]1O[C@H]([C@@H](/C=C/C=C(\C)C[C@@H](C)/C=C(C)\C=C\[C@H]2CC=CC(=O)O2)NC(=O)CCc2cn(-c3ccc(C(=O)N[C@@H](CCCCN)C(=O)O)cc3)nn2)C[C@@H](O)[C@@H]1C. The largest absolute Gasteiger partial charge is 0.480 e. The number of nitrogens with two attached hydrogens (primary N) is 1. The van der Waals surface area contributed by atoms with Gasteiger partial charge in [0.15, 0.2) is 0 Å². The van der Waals surface area contributed by atoms with Gasteiger partial charge in [0.25, 0.3) is 5.91 Å². The zero-order chi connectivity index (χ0) is 43.6. The van der Waals surface area contributed by atoms with Crippen molar-refractivity contribution in [2.24, 2.45) is 17.6 Å². The molecule has 1 aromatic heterocycles. The zero-order valence-corrected chi connectivity index (χ0v) is 35.4. The Morgan fingerprint density at radius 3 is 2.58 bits per heavy atom. The molecular formula is C46H62N6O8. The predicted octanol–water partition coefficient (Wildman–Crippen LogP) is 5.63. The lowest BCUT2D eigenvalue weighted by atomic mass is 9.87. The molecule has 0 bridgehead atoms. The molecule has 1 fully saturated rings. The van der Waals surface area contributed by atoms with Crippen LogP contribution in [0.25, 0.3) is 5.69 Å². The fourth-order valence-corrected chi connectivity index (χ4v) is 7.15. The van der Waals surface area contributed by atoms with E-state index in [2.05, 4.69) is 40.9 Å². The molecule has 3 heterocycles. The second kappa shape index (κ2) is 24.0. The number of hydrogen-bond donors (Lipinski definition) is 5. The Balaban J connectivity index is 1.37. The molecule has 6 N–H and O–H groups in total. The molecule has 2 amide bonds. The Hall–Kier alpha value is -5.44. The smallest absolute Gasteiger partial charge is 0.331 e. The molecular weight excluding hydrogens is 765 g/mol. The Bertz CT molecular complexity index is 1930. The van der Waals surface area contributed by atoms with Crippen molar-refractivity contribution in [2.75, 3.05) is 6.54 Å². The summed E-state index contributed by atoms with van der Waals surface area (Å²) in [6, 6.07) is 5.03. The molecule has 60 heavy (non-hydrogen) atoms. The number of aliphatic hydroxyl groups is 1. The van der Waals surface area contributed by atoms with Gasteiger partial charge in [0.1, 0.15) is 12.1 Å². The third kappa shape index (κ3) is 15.3. The van der Waals surface area contributed by atoms with Crippen molar-refractivity contribution >= 4 is 23.8 Å². The summed E-state index contributed by atoms with van der Waals surface area (Å²) in [6.07, 6.45) is 23.0. The van der Waals surface area contributed by atoms with Crippen molar-refractivity contribution in [3.8, 4) is 5.69 Å². The molecule has 0 aliphatic carbocycles. The first-order valence-corrected chi connectivity index (χ1v) is 20.8. The summed E-state index contributed by atoms with van der Waals surface area (Å²) < 4.78 is 13.3. The van der Waals surface area contributed by atoms with Gasteiger partial charge in [-0.25, -0.2) is 14.3 Å². The van der Waals surface area contributed by atoms with Crippen molar-refractivity contribution in [1.82, 2.24) is 25.6 Å². The molecule has 0 radical (unpaired) electrons. The van der Waals surface area contributed by atoms with Crippen molar-refractivity contribution < 1.29 is 38.9 Å². The maximum atomic E-state index is 13.4. The van der Waals surface area contributed by atoms with Crippen LogP contribution in [0.5, 0.6) is 0 Å². The summed E-state index contributed by atoms with van der Waals surface area (Å²) in [5.74, 6) is -1.97. The van der Waals surface area contributed by atoms with Gasteiger partial charge in [0.05, 0.1) is 41.9 Å². The first-order valence-electron chi connectivity index (χ1n) is 20.8. The number of allylic oxidation sites excluding steroid dienone is 7. The number of hydrogen-bond acceptors (Lipinski definition) is 10. The maximum Gasteiger partial charge on any atom is 0.331 e. The van der Waals surface area contributed by atoms with E-state index in [1.807, 2.05) is 69.4 Å². The van der Waals surface area contributed by atoms with Crippen molar-refractivity contribution in [3.05, 3.63) is 114 Å². The van der Waals surface area contributed by atoms with Crippen LogP contribution in [0, 0.1) is 11.8 Å². The minimum Gasteiger partial charge on any atom is -0.480 e. The van der Waals surface area contributed by atoms with Crippen LogP contribution in [0.15, 0.2) is 102 Å². The molecule has 1 saturated heterocycles. The number of rotatable bonds is 21. The van der Waals surface area contributed by atoms with Gasteiger partial charge < -0.3 is 36.1 Å². The van der Waals surface area contributed by atoms with Crippen LogP contribution in [0.2, 0.25) is 0 Å². The van der Waals surface area contributed by atoms with Crippen molar-refractivity contribution in [2.45, 2.75) is 122 Å². The number of nitrogens with zero attached hydrogens (tertiary/aromatic N) is 3. The van der Waals surface area contributed by atoms with Crippen LogP contribution in [-0.2, 0) is 30.3 Å². The second-order valence-electron chi connectivity index (χ2n) is 15.7. The van der Waals surface area contributed by atoms with Crippen LogP contribution in [0.1, 0.15) is 95.6 Å². The Labute approximate surface area is 353 Å². The topological polar surface area (TPSA) is 208 Å². The highest BCUT2D eigenvalue weighted by molar-refractivity contribution is 5.96. The van der Waals surface area contributed by atoms with E-state index in [0.29, 0.717) is 55.6 Å². The molecule has 14 heteroatoms. The lowest BCUT2D eigenvalue weighted by Gasteiger charge is -2.39. The lowest BCUT2D eigenvalue weighted by Crippen LogP contribution is -2.51. The average Bonchev–Trinajstić information content (AvgIpc) is 3.69. The molecule has 324 valence electrons. The van der Waals surface area contributed by atoms with E-state index in [1.165, 1.54) is 6.08 Å². The number of aliphatic carboxylic acids is 1. The van der Waals surface area contributed by atoms with Gasteiger partial charge in [0.2, 0.25) is 5.91 Å². The summed E-state index contributed by atoms with van der Waals surface area (Å²) in [7, 11) is 0. The number of esters is 1. The number of aliphatic hydroxyl groups excluding tert-OH is 1. The van der Waals surface area contributed by atoms with E-state index < -0.39 is 36.2 Å². The molecule has 2 aliphatic heterocycles. The number of aromatic nitrogens is 3. The quantitative estimate of drug-likeness (QED) is 0.0451. The van der Waals surface area contributed by atoms with E-state index in [-0.39, 0.29) is 48.8 Å². The third-order valence-electron chi connectivity index (χ3n) is 10.5. The van der Waals surface area contributed by atoms with Crippen LogP contribution in [0.3, 0.4) is 0 Å². The normalized spacial score (nSPS) is 22.9. The van der Waals surface area contributed by atoms with E-state index >= 15 is 0 Å². The van der Waals surface area contributed by atoms with E-state index in [9.17, 15) is 29.4 Å². The Morgan fingerprint density at radius 1 is 1.12 bits per heavy atom. The number of carbonyl (C=O) groups is 4. The maximum absolute atomic E-state index is 13.4. The number of ether oxygens (including phenoxy) is 2. The first-order chi connectivity index (χ1) is 28.8. The average molecular weight is 827 g/mol. The number of carboxylic acids is 1. The number of unbranched alkanes of at least 4 members (excludes halogenated alkanes) is 1. The molecule has 14 nitrogen and oxygen atoms in total. The fraction of sp³-hybridized carbons (Fsp3) is 0.478. The van der Waals surface area contributed by atoms with E-state index in [1.54, 1.807) is 35.1 Å². The molecule has 8 atom stereocenters. The summed E-state index contributed by atoms with van der Waals surface area (Å²) >= 11 is 0. The van der Waals surface area contributed by atoms with Crippen LogP contribution in [-0.4, -0.2) is 92.0 Å². The minimum absolute atomic E-state index is 0.0980. The van der Waals surface area contributed by atoms with Gasteiger partial charge >= 0.3 is 11.9 Å². The second-order valence-corrected chi connectivity index (χ2v) is 15.7. The van der Waals surface area contributed by atoms with E-state index in [0.717, 1.165) is 17.6 Å². The number of cyclic esters (lactones) is 1. The third-order valence-corrected chi connectivity index (χ3v) is 10.5. The molecule has 2 aromatic rings. The number of amides is 2. The standard InChI is InChI=1S/C46H62N6O8/c1-6-11-41-33(5)40(53)28-42(60-41)38(15-9-12-30(2)26-32(4)27-31(3)17-23-37-13-10-16-44(55)59-37)48-43(54)24-20-35-29-52(51-50-35)36-21-18-34(19-22-36)45(56)49-39(46(57)58)14-7-8-25-47/h6,9-12,15-19,21-23,27,29,32-33,37-42,53H,7-8,13-14,20,24-26,28,47H2,1-5H3,(H,48,54)(H,49,56)(H,57,58)/b11-6+,15-9+,23-17+,30-12+,31-27-/t32-,33+,37-,38-,39+,40-,41+,42+/m1/s1. The summed E-state index contributed by atoms with van der Waals surface area (Å²) in [6.45, 7) is 10.6. The van der Waals surface area contributed by atoms with Gasteiger partial charge in [0, 0.05) is 43.2 Å². The minimum atomic E-state index is -1.10. The number of benzene rings is 1. The first kappa shape index (κ1) is 47.2. The van der Waals surface area contributed by atoms with Gasteiger partial charge in [-0.05, 0) is 89.3 Å². The molecule has 0 unspecified atom stereocenters. The highest BCUT2D eigenvalue weighted by Gasteiger charge is 2.37. The summed E-state index contributed by atoms with van der Waals surface area (Å²) in [5.41, 5.74) is 9.27. The molecule has 0 spiro atoms. The number of carbonyl (C=O) groups excluding carboxylic acids is 3. The highest BCUT2D eigenvalue weighted by Crippen LogP contribution is 2.29. The lowest BCUT2D eigenvalue weighted by molar-refractivity contribution is -0.142. The van der Waals surface area contributed by atoms with Gasteiger partial charge in [-0.1, -0.05) is 78.8 Å². The van der Waals surface area contributed by atoms with Gasteiger partial charge in [-0.3, -0.25) is 9.59 Å². The van der Waals surface area contributed by atoms with Gasteiger partial charge in [-0.2, -0.15) is 0 Å². The van der Waals surface area contributed by atoms with E-state index in [4.69, 9.17) is 15.2 Å². The van der Waals surface area contributed by atoms with Crippen LogP contribution >= 0.6 is 0 Å². The molecule has 4 rings (SSSR count). The van der Waals surface area contributed by atoms with Crippen LogP contribution < -0.4 is 16.4 Å². The van der Waals surface area contributed by atoms with Crippen molar-refractivity contribution in [3.63, 3.8) is 0 Å². The summed E-state index contributed by atoms with van der Waals surface area (Å²) in [5, 5.41) is 34.6.